The van der Waals surface area contributed by atoms with Gasteiger partial charge in [-0.25, -0.2) is 5.01 Å². The topological polar surface area (TPSA) is 70.3 Å². The lowest BCUT2D eigenvalue weighted by Crippen LogP contribution is -2.69. The van der Waals surface area contributed by atoms with Crippen LogP contribution in [0.1, 0.15) is 58.3 Å². The first-order valence-electron chi connectivity index (χ1n) is 12.8. The highest BCUT2D eigenvalue weighted by Crippen LogP contribution is 2.34. The molecule has 8 heteroatoms. The first-order chi connectivity index (χ1) is 15.2. The van der Waals surface area contributed by atoms with Crippen LogP contribution in [0, 0.1) is 11.8 Å². The Kier molecular flexibility index (Phi) is 7.78. The third kappa shape index (κ3) is 5.79. The second-order valence-electron chi connectivity index (χ2n) is 10.3. The van der Waals surface area contributed by atoms with Gasteiger partial charge in [-0.2, -0.15) is 0 Å². The van der Waals surface area contributed by atoms with E-state index >= 15 is 0 Å². The maximum atomic E-state index is 6.28. The quantitative estimate of drug-likeness (QED) is 0.577. The number of morpholine rings is 1. The molecule has 5 aliphatic rings. The van der Waals surface area contributed by atoms with Gasteiger partial charge in [-0.05, 0) is 43.9 Å². The van der Waals surface area contributed by atoms with Crippen molar-refractivity contribution in [2.45, 2.75) is 89.1 Å². The van der Waals surface area contributed by atoms with Crippen molar-refractivity contribution >= 4 is 0 Å². The van der Waals surface area contributed by atoms with Crippen molar-refractivity contribution in [3.63, 3.8) is 0 Å². The van der Waals surface area contributed by atoms with Crippen LogP contribution in [0.4, 0.5) is 0 Å². The normalized spacial score (nSPS) is 43.5. The second kappa shape index (κ2) is 10.7. The maximum absolute atomic E-state index is 6.28. The number of nitrogens with one attached hydrogen (secondary N) is 3. The highest BCUT2D eigenvalue weighted by Gasteiger charge is 2.39. The molecule has 0 spiro atoms. The van der Waals surface area contributed by atoms with Crippen molar-refractivity contribution in [1.29, 1.82) is 0 Å². The summed E-state index contributed by atoms with van der Waals surface area (Å²) in [5.74, 6) is 1.71. The predicted molar refractivity (Wildman–Crippen MR) is 119 cm³/mol. The Bertz CT molecular complexity index is 557. The van der Waals surface area contributed by atoms with Crippen LogP contribution in [0.5, 0.6) is 0 Å². The minimum Gasteiger partial charge on any atom is -0.379 e. The fourth-order valence-electron chi connectivity index (χ4n) is 6.24. The molecule has 4 aliphatic heterocycles. The molecule has 31 heavy (non-hydrogen) atoms. The van der Waals surface area contributed by atoms with Gasteiger partial charge in [0, 0.05) is 38.7 Å². The summed E-state index contributed by atoms with van der Waals surface area (Å²) in [4.78, 5) is 2.52. The minimum absolute atomic E-state index is 0.147. The highest BCUT2D eigenvalue weighted by atomic mass is 16.6. The molecule has 7 atom stereocenters. The maximum Gasteiger partial charge on any atom is 0.166 e. The van der Waals surface area contributed by atoms with Crippen LogP contribution in [-0.4, -0.2) is 86.8 Å². The Morgan fingerprint density at radius 3 is 2.58 bits per heavy atom. The van der Waals surface area contributed by atoms with Gasteiger partial charge in [0.1, 0.15) is 0 Å². The molecule has 5 rings (SSSR count). The van der Waals surface area contributed by atoms with Gasteiger partial charge in [0.15, 0.2) is 6.35 Å². The molecule has 0 aromatic heterocycles. The molecule has 1 saturated carbocycles. The lowest BCUT2D eigenvalue weighted by molar-refractivity contribution is -0.113. The van der Waals surface area contributed by atoms with E-state index in [-0.39, 0.29) is 18.6 Å². The zero-order valence-electron chi connectivity index (χ0n) is 19.3. The summed E-state index contributed by atoms with van der Waals surface area (Å²) in [5.41, 5.74) is 3.91. The molecule has 8 nitrogen and oxygen atoms in total. The summed E-state index contributed by atoms with van der Waals surface area (Å²) < 4.78 is 17.6. The molecule has 0 amide bonds. The number of hydrogen-bond donors (Lipinski definition) is 3. The first-order valence-corrected chi connectivity index (χ1v) is 12.8. The number of nitrogens with zero attached hydrogens (tertiary/aromatic N) is 2. The number of hydrazine groups is 1. The van der Waals surface area contributed by atoms with E-state index in [1.54, 1.807) is 0 Å². The van der Waals surface area contributed by atoms with E-state index in [0.717, 1.165) is 70.6 Å². The van der Waals surface area contributed by atoms with E-state index in [0.29, 0.717) is 18.8 Å². The third-order valence-electron chi connectivity index (χ3n) is 8.03. The molecule has 3 N–H and O–H groups in total. The van der Waals surface area contributed by atoms with Crippen molar-refractivity contribution in [2.75, 3.05) is 46.1 Å². The van der Waals surface area contributed by atoms with Crippen LogP contribution in [-0.2, 0) is 14.2 Å². The van der Waals surface area contributed by atoms with Crippen LogP contribution in [0.3, 0.4) is 0 Å². The van der Waals surface area contributed by atoms with E-state index in [2.05, 4.69) is 32.9 Å². The average molecular weight is 438 g/mol. The number of hydrogen-bond acceptors (Lipinski definition) is 8. The molecule has 0 radical (unpaired) electrons. The van der Waals surface area contributed by atoms with Gasteiger partial charge in [-0.1, -0.05) is 19.8 Å². The lowest BCUT2D eigenvalue weighted by Gasteiger charge is -2.46. The Morgan fingerprint density at radius 1 is 0.903 bits per heavy atom. The minimum atomic E-state index is -0.147. The highest BCUT2D eigenvalue weighted by molar-refractivity contribution is 4.90. The van der Waals surface area contributed by atoms with E-state index in [1.165, 1.54) is 32.1 Å². The van der Waals surface area contributed by atoms with Gasteiger partial charge in [-0.3, -0.25) is 21.0 Å². The summed E-state index contributed by atoms with van der Waals surface area (Å²) in [6, 6.07) is 0.632. The SMILES string of the molecule is CC1CCCC(C2CCN(C3CC(N4CCOCC4)NC(OCC4CCCO4)N3)N2)C1. The molecule has 0 bridgehead atoms. The van der Waals surface area contributed by atoms with Crippen LogP contribution in [0.2, 0.25) is 0 Å². The van der Waals surface area contributed by atoms with Gasteiger partial charge < -0.3 is 14.2 Å². The molecule has 5 fully saturated rings. The number of ether oxygens (including phenoxy) is 3. The molecule has 4 saturated heterocycles. The molecule has 7 unspecified atom stereocenters. The zero-order valence-corrected chi connectivity index (χ0v) is 19.3. The van der Waals surface area contributed by atoms with Crippen molar-refractivity contribution in [1.82, 2.24) is 26.0 Å². The second-order valence-corrected chi connectivity index (χ2v) is 10.3. The predicted octanol–water partition coefficient (Wildman–Crippen LogP) is 1.44. The Balaban J connectivity index is 1.19. The molecular formula is C23H43N5O3. The third-order valence-corrected chi connectivity index (χ3v) is 8.03. The van der Waals surface area contributed by atoms with Crippen molar-refractivity contribution < 1.29 is 14.2 Å². The molecule has 178 valence electrons. The van der Waals surface area contributed by atoms with Crippen molar-refractivity contribution in [3.8, 4) is 0 Å². The molecule has 4 heterocycles. The lowest BCUT2D eigenvalue weighted by atomic mass is 9.78. The summed E-state index contributed by atoms with van der Waals surface area (Å²) in [6.07, 6.45) is 10.8. The summed E-state index contributed by atoms with van der Waals surface area (Å²) >= 11 is 0. The van der Waals surface area contributed by atoms with E-state index in [1.807, 2.05) is 0 Å². The van der Waals surface area contributed by atoms with Gasteiger partial charge in [-0.15, -0.1) is 0 Å². The van der Waals surface area contributed by atoms with E-state index in [9.17, 15) is 0 Å². The van der Waals surface area contributed by atoms with Gasteiger partial charge in [0.25, 0.3) is 0 Å². The summed E-state index contributed by atoms with van der Waals surface area (Å²) in [6.45, 7) is 8.68. The number of rotatable bonds is 6. The largest absolute Gasteiger partial charge is 0.379 e. The Labute approximate surface area is 187 Å². The van der Waals surface area contributed by atoms with E-state index in [4.69, 9.17) is 14.2 Å². The van der Waals surface area contributed by atoms with Crippen LogP contribution < -0.4 is 16.1 Å². The van der Waals surface area contributed by atoms with Crippen molar-refractivity contribution in [2.24, 2.45) is 11.8 Å². The Morgan fingerprint density at radius 2 is 1.77 bits per heavy atom. The standard InChI is InChI=1S/C23H43N5O3/c1-17-4-2-5-18(14-17)20-7-8-28(26-20)22-15-21(27-9-12-29-13-10-27)24-23(25-22)31-16-19-6-3-11-30-19/h17-26H,2-16H2,1H3. The molecule has 0 aromatic rings. The van der Waals surface area contributed by atoms with Gasteiger partial charge in [0.05, 0.1) is 38.3 Å². The van der Waals surface area contributed by atoms with Crippen LogP contribution in [0.15, 0.2) is 0 Å². The average Bonchev–Trinajstić information content (AvgIpc) is 3.51. The summed E-state index contributed by atoms with van der Waals surface area (Å²) in [7, 11) is 0. The zero-order chi connectivity index (χ0) is 21.0. The monoisotopic (exact) mass is 437 g/mol. The molecular weight excluding hydrogens is 394 g/mol. The fraction of sp³-hybridized carbons (Fsp3) is 1.00. The fourth-order valence-corrected chi connectivity index (χ4v) is 6.24. The van der Waals surface area contributed by atoms with Gasteiger partial charge >= 0.3 is 0 Å². The first kappa shape index (κ1) is 22.5. The summed E-state index contributed by atoms with van der Waals surface area (Å²) in [5, 5.41) is 9.92. The smallest absolute Gasteiger partial charge is 0.166 e. The molecule has 0 aromatic carbocycles. The van der Waals surface area contributed by atoms with Crippen LogP contribution >= 0.6 is 0 Å². The Hall–Kier alpha value is -0.320. The van der Waals surface area contributed by atoms with E-state index < -0.39 is 0 Å². The molecule has 1 aliphatic carbocycles. The van der Waals surface area contributed by atoms with Crippen molar-refractivity contribution in [3.05, 3.63) is 0 Å². The van der Waals surface area contributed by atoms with Crippen LogP contribution in [0.25, 0.3) is 0 Å². The van der Waals surface area contributed by atoms with Gasteiger partial charge in [0.2, 0.25) is 0 Å².